The number of alkyl halides is 2. The van der Waals surface area contributed by atoms with E-state index in [1.54, 1.807) is 0 Å². The van der Waals surface area contributed by atoms with Gasteiger partial charge in [-0.3, -0.25) is 4.79 Å². The molecule has 2 aromatic heterocycles. The standard InChI is InChI=1S/C17H21F2N7OS/c18-17(19)5-1-2-9(14(17)20)23-11-7-22-13(15(21)27)16(24-11)25-12-6-10(26-28-12)8-3-4-8/h6-9,14H,1-5,20H2,(H2,21,27)(H2,23,24,25)/t9-,14-/m1/s1. The normalized spacial score (nSPS) is 24.0. The van der Waals surface area contributed by atoms with E-state index in [0.29, 0.717) is 23.8 Å². The van der Waals surface area contributed by atoms with Crippen LogP contribution in [-0.2, 0) is 0 Å². The number of hydrogen-bond acceptors (Lipinski definition) is 8. The fraction of sp³-hybridized carbons (Fsp3) is 0.529. The molecule has 2 aliphatic carbocycles. The summed E-state index contributed by atoms with van der Waals surface area (Å²) in [7, 11) is 0. The van der Waals surface area contributed by atoms with E-state index in [1.165, 1.54) is 17.7 Å². The van der Waals surface area contributed by atoms with Crippen LogP contribution in [0.2, 0.25) is 0 Å². The molecule has 0 spiro atoms. The summed E-state index contributed by atoms with van der Waals surface area (Å²) in [6.45, 7) is 0. The first-order valence-electron chi connectivity index (χ1n) is 9.14. The number of amides is 1. The summed E-state index contributed by atoms with van der Waals surface area (Å²) >= 11 is 1.25. The lowest BCUT2D eigenvalue weighted by Crippen LogP contribution is -2.55. The fourth-order valence-corrected chi connectivity index (χ4v) is 4.03. The largest absolute Gasteiger partial charge is 0.364 e. The summed E-state index contributed by atoms with van der Waals surface area (Å²) in [6, 6.07) is -0.0555. The molecule has 2 aromatic rings. The molecule has 2 heterocycles. The summed E-state index contributed by atoms with van der Waals surface area (Å²) < 4.78 is 32.2. The van der Waals surface area contributed by atoms with E-state index >= 15 is 0 Å². The summed E-state index contributed by atoms with van der Waals surface area (Å²) in [5.74, 6) is -2.78. The van der Waals surface area contributed by atoms with E-state index in [9.17, 15) is 13.6 Å². The van der Waals surface area contributed by atoms with Gasteiger partial charge in [-0.1, -0.05) is 0 Å². The van der Waals surface area contributed by atoms with Crippen molar-refractivity contribution in [2.45, 2.75) is 56.0 Å². The van der Waals surface area contributed by atoms with Crippen LogP contribution in [0.1, 0.15) is 54.2 Å². The average molecular weight is 409 g/mol. The maximum absolute atomic E-state index is 13.9. The van der Waals surface area contributed by atoms with Crippen LogP contribution >= 0.6 is 11.5 Å². The zero-order valence-electron chi connectivity index (χ0n) is 15.0. The van der Waals surface area contributed by atoms with Gasteiger partial charge in [0, 0.05) is 18.4 Å². The average Bonchev–Trinajstić information content (AvgIpc) is 3.39. The van der Waals surface area contributed by atoms with Gasteiger partial charge in [0.2, 0.25) is 0 Å². The Hall–Kier alpha value is -2.40. The van der Waals surface area contributed by atoms with Crippen LogP contribution in [0.3, 0.4) is 0 Å². The van der Waals surface area contributed by atoms with Crippen LogP contribution in [0.5, 0.6) is 0 Å². The Balaban J connectivity index is 1.55. The molecule has 1 amide bonds. The molecule has 11 heteroatoms. The van der Waals surface area contributed by atoms with Crippen molar-refractivity contribution in [2.24, 2.45) is 11.5 Å². The van der Waals surface area contributed by atoms with Gasteiger partial charge in [0.15, 0.2) is 11.5 Å². The van der Waals surface area contributed by atoms with Gasteiger partial charge in [0.1, 0.15) is 10.8 Å². The molecular weight excluding hydrogens is 388 g/mol. The van der Waals surface area contributed by atoms with Crippen LogP contribution in [0.15, 0.2) is 12.3 Å². The highest BCUT2D eigenvalue weighted by Crippen LogP contribution is 2.41. The molecule has 0 saturated heterocycles. The molecule has 0 aliphatic heterocycles. The van der Waals surface area contributed by atoms with Crippen LogP contribution in [0, 0.1) is 0 Å². The van der Waals surface area contributed by atoms with Crippen LogP contribution in [-0.4, -0.2) is 38.3 Å². The smallest absolute Gasteiger partial charge is 0.271 e. The van der Waals surface area contributed by atoms with Crippen molar-refractivity contribution in [1.29, 1.82) is 0 Å². The van der Waals surface area contributed by atoms with Crippen molar-refractivity contribution < 1.29 is 13.6 Å². The lowest BCUT2D eigenvalue weighted by molar-refractivity contribution is -0.0554. The molecule has 0 unspecified atom stereocenters. The number of aromatic nitrogens is 3. The van der Waals surface area contributed by atoms with E-state index in [0.717, 1.165) is 18.5 Å². The molecule has 0 aromatic carbocycles. The molecule has 28 heavy (non-hydrogen) atoms. The van der Waals surface area contributed by atoms with E-state index < -0.39 is 23.9 Å². The third-order valence-corrected chi connectivity index (χ3v) is 5.77. The molecular formula is C17H21F2N7OS. The first-order chi connectivity index (χ1) is 13.3. The third kappa shape index (κ3) is 3.90. The van der Waals surface area contributed by atoms with Gasteiger partial charge in [-0.2, -0.15) is 4.37 Å². The number of nitrogens with one attached hydrogen (secondary N) is 2. The number of anilines is 3. The first-order valence-corrected chi connectivity index (χ1v) is 9.91. The third-order valence-electron chi connectivity index (χ3n) is 5.05. The Labute approximate surface area is 164 Å². The predicted octanol–water partition coefficient (Wildman–Crippen LogP) is 2.58. The number of nitrogens with two attached hydrogens (primary N) is 2. The summed E-state index contributed by atoms with van der Waals surface area (Å²) in [5.41, 5.74) is 12.1. The van der Waals surface area contributed by atoms with Crippen LogP contribution in [0.4, 0.5) is 25.4 Å². The maximum Gasteiger partial charge on any atom is 0.271 e. The Morgan fingerprint density at radius 2 is 2.11 bits per heavy atom. The quantitative estimate of drug-likeness (QED) is 0.576. The number of hydrogen-bond donors (Lipinski definition) is 4. The van der Waals surface area contributed by atoms with Crippen molar-refractivity contribution >= 4 is 34.1 Å². The highest BCUT2D eigenvalue weighted by Gasteiger charge is 2.44. The van der Waals surface area contributed by atoms with Crippen LogP contribution < -0.4 is 22.1 Å². The van der Waals surface area contributed by atoms with Gasteiger partial charge in [-0.05, 0) is 43.3 Å². The van der Waals surface area contributed by atoms with E-state index in [4.69, 9.17) is 11.5 Å². The Bertz CT molecular complexity index is 886. The molecule has 4 rings (SSSR count). The number of nitrogens with zero attached hydrogens (tertiary/aromatic N) is 3. The second-order valence-electron chi connectivity index (χ2n) is 7.26. The topological polar surface area (TPSA) is 132 Å². The highest BCUT2D eigenvalue weighted by molar-refractivity contribution is 7.10. The van der Waals surface area contributed by atoms with Crippen molar-refractivity contribution in [2.75, 3.05) is 10.6 Å². The summed E-state index contributed by atoms with van der Waals surface area (Å²) in [6.07, 6.45) is 4.19. The molecule has 0 radical (unpaired) electrons. The van der Waals surface area contributed by atoms with Crippen molar-refractivity contribution in [1.82, 2.24) is 14.3 Å². The van der Waals surface area contributed by atoms with E-state index in [-0.39, 0.29) is 23.8 Å². The molecule has 2 atom stereocenters. The van der Waals surface area contributed by atoms with Crippen molar-refractivity contribution in [3.8, 4) is 0 Å². The van der Waals surface area contributed by atoms with Gasteiger partial charge in [0.05, 0.1) is 17.9 Å². The summed E-state index contributed by atoms with van der Waals surface area (Å²) in [5, 5.41) is 6.66. The lowest BCUT2D eigenvalue weighted by Gasteiger charge is -2.36. The fourth-order valence-electron chi connectivity index (χ4n) is 3.31. The maximum atomic E-state index is 13.9. The SMILES string of the molecule is NC(=O)c1ncc(N[C@@H]2CCCC(F)(F)[C@@H]2N)nc1Nc1cc(C2CC2)ns1. The minimum atomic E-state index is -2.93. The second-order valence-corrected chi connectivity index (χ2v) is 8.07. The van der Waals surface area contributed by atoms with Gasteiger partial charge < -0.3 is 22.1 Å². The monoisotopic (exact) mass is 409 g/mol. The Morgan fingerprint density at radius 1 is 1.32 bits per heavy atom. The molecule has 8 nitrogen and oxygen atoms in total. The second kappa shape index (κ2) is 7.21. The molecule has 2 saturated carbocycles. The van der Waals surface area contributed by atoms with Gasteiger partial charge >= 0.3 is 0 Å². The number of carbonyl (C=O) groups is 1. The van der Waals surface area contributed by atoms with Crippen molar-refractivity contribution in [3.05, 3.63) is 23.7 Å². The number of carbonyl (C=O) groups excluding carboxylic acids is 1. The Kier molecular flexibility index (Phi) is 4.88. The number of halogens is 2. The van der Waals surface area contributed by atoms with E-state index in [2.05, 4.69) is 25.0 Å². The van der Waals surface area contributed by atoms with Gasteiger partial charge in [-0.25, -0.2) is 18.7 Å². The van der Waals surface area contributed by atoms with Gasteiger partial charge in [0.25, 0.3) is 11.8 Å². The van der Waals surface area contributed by atoms with E-state index in [1.807, 2.05) is 6.07 Å². The number of rotatable bonds is 6. The van der Waals surface area contributed by atoms with Gasteiger partial charge in [-0.15, -0.1) is 0 Å². The molecule has 6 N–H and O–H groups in total. The minimum Gasteiger partial charge on any atom is -0.364 e. The minimum absolute atomic E-state index is 0.0369. The molecule has 150 valence electrons. The van der Waals surface area contributed by atoms with Crippen LogP contribution in [0.25, 0.3) is 0 Å². The molecule has 2 fully saturated rings. The molecule has 0 bridgehead atoms. The van der Waals surface area contributed by atoms with Crippen molar-refractivity contribution in [3.63, 3.8) is 0 Å². The zero-order valence-corrected chi connectivity index (χ0v) is 15.8. The summed E-state index contributed by atoms with van der Waals surface area (Å²) in [4.78, 5) is 20.1. The lowest BCUT2D eigenvalue weighted by atomic mass is 9.87. The number of primary amides is 1. The Morgan fingerprint density at radius 3 is 2.82 bits per heavy atom. The highest BCUT2D eigenvalue weighted by atomic mass is 32.1. The first kappa shape index (κ1) is 18.9. The molecule has 2 aliphatic rings. The zero-order chi connectivity index (χ0) is 19.9. The predicted molar refractivity (Wildman–Crippen MR) is 102 cm³/mol.